The number of aliphatic hydroxyl groups is 1. The Kier molecular flexibility index (Phi) is 6.12. The molecule has 0 aromatic carbocycles. The molecule has 0 bridgehead atoms. The van der Waals surface area contributed by atoms with Gasteiger partial charge in [0, 0.05) is 32.0 Å². The molecule has 0 aromatic heterocycles. The lowest BCUT2D eigenvalue weighted by molar-refractivity contribution is -0.139. The van der Waals surface area contributed by atoms with Gasteiger partial charge in [0.1, 0.15) is 0 Å². The molecule has 1 heterocycles. The quantitative estimate of drug-likeness (QED) is 0.412. The van der Waals surface area contributed by atoms with Gasteiger partial charge in [-0.05, 0) is 12.2 Å². The van der Waals surface area contributed by atoms with Crippen LogP contribution in [0.1, 0.15) is 12.8 Å². The first kappa shape index (κ1) is 13.8. The Bertz CT molecular complexity index is 222. The van der Waals surface area contributed by atoms with Gasteiger partial charge in [0.25, 0.3) is 0 Å². The molecule has 4 N–H and O–H groups in total. The standard InChI is InChI=1S/C10H20N2O3S/c13-3-1-4-16-5-2-12-10(6-9(14)15)7-11-8-10/h11-13H,1-8H2,(H,14,15). The smallest absolute Gasteiger partial charge is 0.305 e. The average Bonchev–Trinajstić information content (AvgIpc) is 2.18. The fourth-order valence-corrected chi connectivity index (χ4v) is 2.47. The van der Waals surface area contributed by atoms with E-state index in [1.165, 1.54) is 0 Å². The zero-order valence-corrected chi connectivity index (χ0v) is 10.2. The highest BCUT2D eigenvalue weighted by molar-refractivity contribution is 7.99. The lowest BCUT2D eigenvalue weighted by Crippen LogP contribution is -2.68. The monoisotopic (exact) mass is 248 g/mol. The van der Waals surface area contributed by atoms with Crippen molar-refractivity contribution in [2.75, 3.05) is 37.7 Å². The maximum atomic E-state index is 10.7. The normalized spacial score (nSPS) is 18.1. The fraction of sp³-hybridized carbons (Fsp3) is 0.900. The molecular formula is C10H20N2O3S. The van der Waals surface area contributed by atoms with E-state index < -0.39 is 5.97 Å². The van der Waals surface area contributed by atoms with Gasteiger partial charge in [-0.15, -0.1) is 0 Å². The lowest BCUT2D eigenvalue weighted by atomic mass is 9.88. The van der Waals surface area contributed by atoms with Crippen LogP contribution in [0.5, 0.6) is 0 Å². The number of aliphatic carboxylic acids is 1. The van der Waals surface area contributed by atoms with Crippen LogP contribution in [0.4, 0.5) is 0 Å². The molecule has 0 atom stereocenters. The van der Waals surface area contributed by atoms with E-state index >= 15 is 0 Å². The summed E-state index contributed by atoms with van der Waals surface area (Å²) in [5.74, 6) is 1.17. The number of hydrogen-bond donors (Lipinski definition) is 4. The van der Waals surface area contributed by atoms with E-state index in [-0.39, 0.29) is 18.6 Å². The Morgan fingerprint density at radius 2 is 2.19 bits per heavy atom. The summed E-state index contributed by atoms with van der Waals surface area (Å²) in [7, 11) is 0. The molecular weight excluding hydrogens is 228 g/mol. The predicted octanol–water partition coefficient (Wildman–Crippen LogP) is -0.492. The molecule has 0 spiro atoms. The van der Waals surface area contributed by atoms with Crippen LogP contribution in [-0.2, 0) is 4.79 Å². The summed E-state index contributed by atoms with van der Waals surface area (Å²) < 4.78 is 0. The number of thioether (sulfide) groups is 1. The van der Waals surface area contributed by atoms with Crippen molar-refractivity contribution in [3.8, 4) is 0 Å². The van der Waals surface area contributed by atoms with Crippen molar-refractivity contribution in [1.29, 1.82) is 0 Å². The first-order valence-corrected chi connectivity index (χ1v) is 6.70. The number of hydrogen-bond acceptors (Lipinski definition) is 5. The van der Waals surface area contributed by atoms with Crippen LogP contribution in [0, 0.1) is 0 Å². The van der Waals surface area contributed by atoms with E-state index in [0.717, 1.165) is 37.6 Å². The third-order valence-corrected chi connectivity index (χ3v) is 3.68. The number of carbonyl (C=O) groups is 1. The van der Waals surface area contributed by atoms with Crippen LogP contribution < -0.4 is 10.6 Å². The summed E-state index contributed by atoms with van der Waals surface area (Å²) in [6.45, 7) is 2.54. The number of carboxylic acid groups (broad SMARTS) is 1. The Labute approximate surface area is 100.0 Å². The zero-order valence-electron chi connectivity index (χ0n) is 9.37. The Morgan fingerprint density at radius 1 is 1.44 bits per heavy atom. The van der Waals surface area contributed by atoms with Gasteiger partial charge in [0.05, 0.1) is 12.0 Å². The van der Waals surface area contributed by atoms with Crippen LogP contribution in [0.25, 0.3) is 0 Å². The summed E-state index contributed by atoms with van der Waals surface area (Å²) in [4.78, 5) is 10.7. The van der Waals surface area contributed by atoms with Crippen molar-refractivity contribution in [1.82, 2.24) is 10.6 Å². The fourth-order valence-electron chi connectivity index (χ4n) is 1.69. The van der Waals surface area contributed by atoms with Crippen molar-refractivity contribution < 1.29 is 15.0 Å². The first-order chi connectivity index (χ1) is 7.68. The van der Waals surface area contributed by atoms with Crippen molar-refractivity contribution in [2.24, 2.45) is 0 Å². The zero-order chi connectivity index (χ0) is 11.9. The van der Waals surface area contributed by atoms with Gasteiger partial charge in [0.15, 0.2) is 0 Å². The largest absolute Gasteiger partial charge is 0.481 e. The molecule has 1 aliphatic heterocycles. The second kappa shape index (κ2) is 7.11. The number of carboxylic acids is 1. The van der Waals surface area contributed by atoms with Gasteiger partial charge in [-0.2, -0.15) is 11.8 Å². The van der Waals surface area contributed by atoms with Crippen molar-refractivity contribution in [3.63, 3.8) is 0 Å². The predicted molar refractivity (Wildman–Crippen MR) is 64.9 cm³/mol. The minimum Gasteiger partial charge on any atom is -0.481 e. The molecule has 0 aromatic rings. The molecule has 0 radical (unpaired) electrons. The maximum Gasteiger partial charge on any atom is 0.305 e. The molecule has 0 aliphatic carbocycles. The van der Waals surface area contributed by atoms with Gasteiger partial charge >= 0.3 is 5.97 Å². The second-order valence-electron chi connectivity index (χ2n) is 4.07. The van der Waals surface area contributed by atoms with Crippen molar-refractivity contribution in [2.45, 2.75) is 18.4 Å². The molecule has 1 rings (SSSR count). The minimum atomic E-state index is -0.748. The van der Waals surface area contributed by atoms with Crippen LogP contribution >= 0.6 is 11.8 Å². The number of nitrogens with one attached hydrogen (secondary N) is 2. The van der Waals surface area contributed by atoms with Crippen molar-refractivity contribution in [3.05, 3.63) is 0 Å². The number of aliphatic hydroxyl groups excluding tert-OH is 1. The third-order valence-electron chi connectivity index (χ3n) is 2.61. The summed E-state index contributed by atoms with van der Waals surface area (Å²) in [5.41, 5.74) is -0.233. The highest BCUT2D eigenvalue weighted by Crippen LogP contribution is 2.16. The van der Waals surface area contributed by atoms with Crippen LogP contribution in [0.2, 0.25) is 0 Å². The van der Waals surface area contributed by atoms with E-state index in [0.29, 0.717) is 0 Å². The molecule has 1 fully saturated rings. The average molecular weight is 248 g/mol. The van der Waals surface area contributed by atoms with Crippen LogP contribution in [0.15, 0.2) is 0 Å². The molecule has 0 saturated carbocycles. The maximum absolute atomic E-state index is 10.7. The Balaban J connectivity index is 2.07. The third kappa shape index (κ3) is 4.69. The molecule has 5 nitrogen and oxygen atoms in total. The molecule has 1 saturated heterocycles. The van der Waals surface area contributed by atoms with Gasteiger partial charge in [0.2, 0.25) is 0 Å². The van der Waals surface area contributed by atoms with E-state index in [4.69, 9.17) is 10.2 Å². The highest BCUT2D eigenvalue weighted by atomic mass is 32.2. The Hall–Kier alpha value is -0.300. The van der Waals surface area contributed by atoms with E-state index in [1.54, 1.807) is 11.8 Å². The topological polar surface area (TPSA) is 81.6 Å². The molecule has 16 heavy (non-hydrogen) atoms. The van der Waals surface area contributed by atoms with Crippen LogP contribution in [0.3, 0.4) is 0 Å². The molecule has 94 valence electrons. The first-order valence-electron chi connectivity index (χ1n) is 5.55. The second-order valence-corrected chi connectivity index (χ2v) is 5.30. The molecule has 1 aliphatic rings. The minimum absolute atomic E-state index is 0.182. The van der Waals surface area contributed by atoms with Crippen LogP contribution in [-0.4, -0.2) is 59.5 Å². The molecule has 0 amide bonds. The van der Waals surface area contributed by atoms with E-state index in [9.17, 15) is 4.79 Å². The molecule has 0 unspecified atom stereocenters. The van der Waals surface area contributed by atoms with Crippen molar-refractivity contribution >= 4 is 17.7 Å². The summed E-state index contributed by atoms with van der Waals surface area (Å²) in [5, 5.41) is 23.8. The van der Waals surface area contributed by atoms with Gasteiger partial charge in [-0.3, -0.25) is 4.79 Å². The summed E-state index contributed by atoms with van der Waals surface area (Å²) in [6.07, 6.45) is 1.01. The van der Waals surface area contributed by atoms with Gasteiger partial charge in [-0.25, -0.2) is 0 Å². The molecule has 6 heteroatoms. The summed E-state index contributed by atoms with van der Waals surface area (Å²) in [6, 6.07) is 0. The van der Waals surface area contributed by atoms with Gasteiger partial charge in [-0.1, -0.05) is 0 Å². The lowest BCUT2D eigenvalue weighted by Gasteiger charge is -2.42. The SMILES string of the molecule is O=C(O)CC1(NCCSCCCO)CNC1. The van der Waals surface area contributed by atoms with E-state index in [2.05, 4.69) is 10.6 Å². The summed E-state index contributed by atoms with van der Waals surface area (Å²) >= 11 is 1.78. The van der Waals surface area contributed by atoms with Gasteiger partial charge < -0.3 is 20.8 Å². The number of rotatable bonds is 9. The highest BCUT2D eigenvalue weighted by Gasteiger charge is 2.38. The van der Waals surface area contributed by atoms with E-state index in [1.807, 2.05) is 0 Å². The Morgan fingerprint density at radius 3 is 2.69 bits per heavy atom.